The van der Waals surface area contributed by atoms with Gasteiger partial charge in [-0.1, -0.05) is 16.5 Å². The molecule has 1 aliphatic heterocycles. The van der Waals surface area contributed by atoms with E-state index in [4.69, 9.17) is 0 Å². The summed E-state index contributed by atoms with van der Waals surface area (Å²) in [5, 5.41) is 13.3. The van der Waals surface area contributed by atoms with Crippen LogP contribution in [0.5, 0.6) is 0 Å². The number of hydrogen-bond donors (Lipinski definition) is 2. The first-order chi connectivity index (χ1) is 6.77. The Labute approximate surface area is 85.3 Å². The molecule has 1 aliphatic rings. The predicted molar refractivity (Wildman–Crippen MR) is 51.9 cm³/mol. The van der Waals surface area contributed by atoms with Gasteiger partial charge in [-0.05, 0) is 24.2 Å². The molecule has 76 valence electrons. The van der Waals surface area contributed by atoms with E-state index in [1.54, 1.807) is 0 Å². The molecule has 0 bridgehead atoms. The zero-order chi connectivity index (χ0) is 9.97. The second-order valence-corrected chi connectivity index (χ2v) is 4.10. The zero-order valence-corrected chi connectivity index (χ0v) is 8.54. The Morgan fingerprint density at radius 1 is 1.71 bits per heavy atom. The van der Waals surface area contributed by atoms with Gasteiger partial charge < -0.3 is 5.32 Å². The van der Waals surface area contributed by atoms with E-state index in [0.717, 1.165) is 24.6 Å². The Kier molecular flexibility index (Phi) is 2.69. The standard InChI is InChI=1S/C7H11N5OS/c1-4(5-2-8-3-5)6(13)9-7-10-11-12-14-7/h4-5,8H,2-3H2,1H3,(H,9,10,12,13). The number of nitrogens with zero attached hydrogens (tertiary/aromatic N) is 3. The van der Waals surface area contributed by atoms with Gasteiger partial charge in [0.1, 0.15) is 0 Å². The fourth-order valence-electron chi connectivity index (χ4n) is 1.28. The van der Waals surface area contributed by atoms with Crippen LogP contribution in [0.4, 0.5) is 5.13 Å². The first-order valence-electron chi connectivity index (χ1n) is 4.44. The van der Waals surface area contributed by atoms with Gasteiger partial charge in [0.25, 0.3) is 0 Å². The van der Waals surface area contributed by atoms with Crippen LogP contribution >= 0.6 is 11.5 Å². The number of carbonyl (C=O) groups is 1. The molecular formula is C7H11N5OS. The third kappa shape index (κ3) is 1.88. The minimum absolute atomic E-state index is 0.00458. The summed E-state index contributed by atoms with van der Waals surface area (Å²) in [5.74, 6) is 0.450. The van der Waals surface area contributed by atoms with Crippen molar-refractivity contribution >= 4 is 22.6 Å². The molecule has 0 aliphatic carbocycles. The Bertz CT molecular complexity index is 310. The number of amides is 1. The summed E-state index contributed by atoms with van der Waals surface area (Å²) in [4.78, 5) is 11.6. The van der Waals surface area contributed by atoms with E-state index in [2.05, 4.69) is 25.4 Å². The molecule has 14 heavy (non-hydrogen) atoms. The predicted octanol–water partition coefficient (Wildman–Crippen LogP) is -0.273. The number of carbonyl (C=O) groups excluding carboxylic acids is 1. The second-order valence-electron chi connectivity index (χ2n) is 3.36. The Hall–Kier alpha value is -1.08. The third-order valence-electron chi connectivity index (χ3n) is 2.46. The lowest BCUT2D eigenvalue weighted by molar-refractivity contribution is -0.121. The van der Waals surface area contributed by atoms with Gasteiger partial charge in [-0.15, -0.1) is 0 Å². The van der Waals surface area contributed by atoms with Gasteiger partial charge in [-0.25, -0.2) is 0 Å². The van der Waals surface area contributed by atoms with Gasteiger partial charge in [0.05, 0.1) is 0 Å². The largest absolute Gasteiger partial charge is 0.316 e. The highest BCUT2D eigenvalue weighted by Gasteiger charge is 2.29. The van der Waals surface area contributed by atoms with Crippen molar-refractivity contribution in [1.29, 1.82) is 0 Å². The van der Waals surface area contributed by atoms with Gasteiger partial charge in [0.15, 0.2) is 0 Å². The van der Waals surface area contributed by atoms with Crippen molar-refractivity contribution in [3.8, 4) is 0 Å². The maximum Gasteiger partial charge on any atom is 0.231 e. The highest BCUT2D eigenvalue weighted by atomic mass is 32.1. The number of nitrogens with one attached hydrogen (secondary N) is 2. The summed E-state index contributed by atoms with van der Waals surface area (Å²) in [5.41, 5.74) is 0. The van der Waals surface area contributed by atoms with Crippen molar-refractivity contribution in [3.63, 3.8) is 0 Å². The van der Waals surface area contributed by atoms with Crippen LogP contribution in [-0.4, -0.2) is 33.8 Å². The molecule has 2 rings (SSSR count). The van der Waals surface area contributed by atoms with Crippen LogP contribution < -0.4 is 10.6 Å². The average Bonchev–Trinajstić information content (AvgIpc) is 2.53. The summed E-state index contributed by atoms with van der Waals surface area (Å²) in [6.45, 7) is 3.77. The van der Waals surface area contributed by atoms with Crippen molar-refractivity contribution in [2.75, 3.05) is 18.4 Å². The van der Waals surface area contributed by atoms with Gasteiger partial charge in [0.2, 0.25) is 11.0 Å². The van der Waals surface area contributed by atoms with E-state index >= 15 is 0 Å². The maximum atomic E-state index is 11.6. The molecule has 0 saturated carbocycles. The lowest BCUT2D eigenvalue weighted by Gasteiger charge is -2.31. The van der Waals surface area contributed by atoms with E-state index in [0.29, 0.717) is 11.0 Å². The van der Waals surface area contributed by atoms with Gasteiger partial charge in [-0.3, -0.25) is 10.1 Å². The van der Waals surface area contributed by atoms with Gasteiger partial charge >= 0.3 is 0 Å². The molecule has 0 aromatic carbocycles. The van der Waals surface area contributed by atoms with Crippen molar-refractivity contribution in [2.24, 2.45) is 11.8 Å². The van der Waals surface area contributed by atoms with E-state index < -0.39 is 0 Å². The molecule has 2 heterocycles. The quantitative estimate of drug-likeness (QED) is 0.722. The topological polar surface area (TPSA) is 79.8 Å². The molecule has 1 aromatic rings. The number of rotatable bonds is 3. The maximum absolute atomic E-state index is 11.6. The van der Waals surface area contributed by atoms with Crippen molar-refractivity contribution in [3.05, 3.63) is 0 Å². The first kappa shape index (κ1) is 9.47. The summed E-state index contributed by atoms with van der Waals surface area (Å²) in [6, 6.07) is 0. The molecule has 1 unspecified atom stereocenters. The zero-order valence-electron chi connectivity index (χ0n) is 7.73. The number of aromatic nitrogens is 3. The fourth-order valence-corrected chi connectivity index (χ4v) is 1.65. The molecule has 1 atom stereocenters. The molecule has 6 nitrogen and oxygen atoms in total. The number of anilines is 1. The van der Waals surface area contributed by atoms with Crippen LogP contribution in [0.1, 0.15) is 6.92 Å². The van der Waals surface area contributed by atoms with Gasteiger partial charge in [-0.2, -0.15) is 0 Å². The molecule has 1 amide bonds. The summed E-state index contributed by atoms with van der Waals surface area (Å²) >= 11 is 1.09. The van der Waals surface area contributed by atoms with E-state index in [9.17, 15) is 4.79 Å². The van der Waals surface area contributed by atoms with Crippen LogP contribution in [0.15, 0.2) is 0 Å². The molecule has 7 heteroatoms. The lowest BCUT2D eigenvalue weighted by atomic mass is 9.88. The molecule has 0 spiro atoms. The van der Waals surface area contributed by atoms with Crippen molar-refractivity contribution in [2.45, 2.75) is 6.92 Å². The minimum atomic E-state index is -0.00458. The van der Waals surface area contributed by atoms with Crippen molar-refractivity contribution in [1.82, 2.24) is 20.1 Å². The van der Waals surface area contributed by atoms with Gasteiger partial charge in [0, 0.05) is 17.5 Å². The summed E-state index contributed by atoms with van der Waals surface area (Å²) < 4.78 is 3.57. The minimum Gasteiger partial charge on any atom is -0.316 e. The van der Waals surface area contributed by atoms with Crippen LogP contribution in [0.25, 0.3) is 0 Å². The Morgan fingerprint density at radius 2 is 2.50 bits per heavy atom. The highest BCUT2D eigenvalue weighted by molar-refractivity contribution is 7.09. The molecule has 2 N–H and O–H groups in total. The second kappa shape index (κ2) is 3.97. The number of hydrogen-bond acceptors (Lipinski definition) is 6. The molecule has 1 fully saturated rings. The smallest absolute Gasteiger partial charge is 0.231 e. The summed E-state index contributed by atoms with van der Waals surface area (Å²) in [7, 11) is 0. The van der Waals surface area contributed by atoms with Crippen molar-refractivity contribution < 1.29 is 4.79 Å². The average molecular weight is 213 g/mol. The lowest BCUT2D eigenvalue weighted by Crippen LogP contribution is -2.48. The monoisotopic (exact) mass is 213 g/mol. The highest BCUT2D eigenvalue weighted by Crippen LogP contribution is 2.18. The molecule has 1 aromatic heterocycles. The summed E-state index contributed by atoms with van der Waals surface area (Å²) in [6.07, 6.45) is 0. The first-order valence-corrected chi connectivity index (χ1v) is 5.21. The SMILES string of the molecule is CC(C(=O)Nc1nnns1)C1CNC1. The fraction of sp³-hybridized carbons (Fsp3) is 0.714. The molecular weight excluding hydrogens is 202 g/mol. The van der Waals surface area contributed by atoms with E-state index in [-0.39, 0.29) is 11.8 Å². The van der Waals surface area contributed by atoms with Crippen LogP contribution in [0.3, 0.4) is 0 Å². The Morgan fingerprint density at radius 3 is 3.00 bits per heavy atom. The van der Waals surface area contributed by atoms with E-state index in [1.807, 2.05) is 6.92 Å². The molecule has 0 radical (unpaired) electrons. The Balaban J connectivity index is 1.88. The van der Waals surface area contributed by atoms with Crippen LogP contribution in [0.2, 0.25) is 0 Å². The van der Waals surface area contributed by atoms with Crippen LogP contribution in [-0.2, 0) is 4.79 Å². The molecule has 1 saturated heterocycles. The van der Waals surface area contributed by atoms with E-state index in [1.165, 1.54) is 0 Å². The third-order valence-corrected chi connectivity index (χ3v) is 2.97. The van der Waals surface area contributed by atoms with Crippen LogP contribution in [0, 0.1) is 11.8 Å². The normalized spacial score (nSPS) is 18.6.